The van der Waals surface area contributed by atoms with E-state index in [4.69, 9.17) is 14.0 Å². The number of halogens is 1. The summed E-state index contributed by atoms with van der Waals surface area (Å²) in [6.07, 6.45) is 1.61. The molecule has 29 heavy (non-hydrogen) atoms. The predicted molar refractivity (Wildman–Crippen MR) is 107 cm³/mol. The van der Waals surface area contributed by atoms with Crippen LogP contribution in [0.5, 0.6) is 0 Å². The average molecular weight is 405 g/mol. The number of carbonyl (C=O) groups is 2. The molecule has 8 heteroatoms. The molecule has 2 aliphatic heterocycles. The number of nitrogens with zero attached hydrogens (tertiary/aromatic N) is 1. The average Bonchev–Trinajstić information content (AvgIpc) is 2.89. The molecule has 1 aromatic carbocycles. The topological polar surface area (TPSA) is 65.1 Å². The van der Waals surface area contributed by atoms with Crippen LogP contribution in [0, 0.1) is 11.7 Å². The SMILES string of the molecule is COC(=O)C1CCCN(C(=O)Cc2ccc(F)c(B3OC(C)(C)C(C)(C)O3)c2)C1. The number of ether oxygens (including phenoxy) is 1. The molecule has 2 heterocycles. The van der Waals surface area contributed by atoms with Crippen molar-refractivity contribution in [2.24, 2.45) is 5.92 Å². The van der Waals surface area contributed by atoms with Crippen molar-refractivity contribution in [1.82, 2.24) is 4.90 Å². The number of hydrogen-bond donors (Lipinski definition) is 0. The molecule has 0 aliphatic carbocycles. The zero-order valence-electron chi connectivity index (χ0n) is 17.8. The molecule has 0 bridgehead atoms. The van der Waals surface area contributed by atoms with Gasteiger partial charge in [-0.05, 0) is 52.2 Å². The first-order valence-electron chi connectivity index (χ1n) is 10.0. The number of likely N-dealkylation sites (tertiary alicyclic amines) is 1. The summed E-state index contributed by atoms with van der Waals surface area (Å²) in [5.74, 6) is -1.09. The Bertz CT molecular complexity index is 781. The number of carbonyl (C=O) groups excluding carboxylic acids is 2. The third-order valence-corrected chi connectivity index (χ3v) is 6.23. The second kappa shape index (κ2) is 8.07. The Morgan fingerprint density at radius 1 is 1.24 bits per heavy atom. The Kier molecular flexibility index (Phi) is 6.06. The molecule has 0 N–H and O–H groups in total. The molecular weight excluding hydrogens is 376 g/mol. The van der Waals surface area contributed by atoms with E-state index in [1.807, 2.05) is 27.7 Å². The summed E-state index contributed by atoms with van der Waals surface area (Å²) in [6, 6.07) is 4.58. The summed E-state index contributed by atoms with van der Waals surface area (Å²) in [5.41, 5.74) is -0.180. The quantitative estimate of drug-likeness (QED) is 0.567. The number of amides is 1. The molecule has 2 fully saturated rings. The monoisotopic (exact) mass is 405 g/mol. The number of hydrogen-bond acceptors (Lipinski definition) is 5. The number of esters is 1. The highest BCUT2D eigenvalue weighted by molar-refractivity contribution is 6.62. The van der Waals surface area contributed by atoms with Crippen molar-refractivity contribution >= 4 is 24.5 Å². The number of piperidine rings is 1. The third-order valence-electron chi connectivity index (χ3n) is 6.23. The van der Waals surface area contributed by atoms with E-state index >= 15 is 0 Å². The van der Waals surface area contributed by atoms with Gasteiger partial charge in [0.2, 0.25) is 5.91 Å². The van der Waals surface area contributed by atoms with Gasteiger partial charge in [0.05, 0.1) is 30.7 Å². The maximum absolute atomic E-state index is 14.5. The van der Waals surface area contributed by atoms with Crippen LogP contribution in [-0.2, 0) is 30.1 Å². The van der Waals surface area contributed by atoms with Crippen molar-refractivity contribution in [1.29, 1.82) is 0 Å². The highest BCUT2D eigenvalue weighted by Crippen LogP contribution is 2.36. The first kappa shape index (κ1) is 21.8. The summed E-state index contributed by atoms with van der Waals surface area (Å²) < 4.78 is 31.2. The molecule has 2 saturated heterocycles. The normalized spacial score (nSPS) is 23.2. The Morgan fingerprint density at radius 2 is 1.90 bits per heavy atom. The molecule has 158 valence electrons. The van der Waals surface area contributed by atoms with Gasteiger partial charge in [-0.3, -0.25) is 9.59 Å². The van der Waals surface area contributed by atoms with Gasteiger partial charge in [0.15, 0.2) is 0 Å². The van der Waals surface area contributed by atoms with E-state index in [1.54, 1.807) is 17.0 Å². The summed E-state index contributed by atoms with van der Waals surface area (Å²) in [5, 5.41) is 0. The molecular formula is C21H29BFNO5. The Morgan fingerprint density at radius 3 is 2.52 bits per heavy atom. The van der Waals surface area contributed by atoms with E-state index in [1.165, 1.54) is 13.2 Å². The van der Waals surface area contributed by atoms with E-state index in [0.717, 1.165) is 12.8 Å². The fraction of sp³-hybridized carbons (Fsp3) is 0.619. The highest BCUT2D eigenvalue weighted by atomic mass is 19.1. The molecule has 1 aromatic rings. The van der Waals surface area contributed by atoms with Gasteiger partial charge in [0.25, 0.3) is 0 Å². The number of benzene rings is 1. The Labute approximate surface area is 171 Å². The van der Waals surface area contributed by atoms with Crippen molar-refractivity contribution in [2.75, 3.05) is 20.2 Å². The second-order valence-corrected chi connectivity index (χ2v) is 8.82. The first-order valence-corrected chi connectivity index (χ1v) is 10.0. The molecule has 3 rings (SSSR count). The molecule has 1 amide bonds. The van der Waals surface area contributed by atoms with Crippen LogP contribution in [0.3, 0.4) is 0 Å². The summed E-state index contributed by atoms with van der Waals surface area (Å²) in [6.45, 7) is 8.60. The van der Waals surface area contributed by atoms with Crippen LogP contribution in [0.4, 0.5) is 4.39 Å². The van der Waals surface area contributed by atoms with Crippen LogP contribution in [0.1, 0.15) is 46.1 Å². The van der Waals surface area contributed by atoms with Crippen LogP contribution in [0.2, 0.25) is 0 Å². The molecule has 0 radical (unpaired) electrons. The lowest BCUT2D eigenvalue weighted by molar-refractivity contribution is -0.148. The van der Waals surface area contributed by atoms with Crippen LogP contribution in [-0.4, -0.2) is 55.3 Å². The van der Waals surface area contributed by atoms with Crippen LogP contribution in [0.15, 0.2) is 18.2 Å². The predicted octanol–water partition coefficient (Wildman–Crippen LogP) is 2.08. The zero-order chi connectivity index (χ0) is 21.4. The van der Waals surface area contributed by atoms with Crippen LogP contribution < -0.4 is 5.46 Å². The smallest absolute Gasteiger partial charge is 0.469 e. The first-order chi connectivity index (χ1) is 13.5. The molecule has 2 aliphatic rings. The molecule has 1 unspecified atom stereocenters. The maximum Gasteiger partial charge on any atom is 0.497 e. The zero-order valence-corrected chi connectivity index (χ0v) is 17.8. The highest BCUT2D eigenvalue weighted by Gasteiger charge is 2.52. The van der Waals surface area contributed by atoms with Gasteiger partial charge in [-0.25, -0.2) is 4.39 Å². The van der Waals surface area contributed by atoms with Crippen molar-refractivity contribution in [2.45, 2.75) is 58.2 Å². The van der Waals surface area contributed by atoms with Gasteiger partial charge in [0, 0.05) is 18.6 Å². The van der Waals surface area contributed by atoms with Crippen LogP contribution >= 0.6 is 0 Å². The minimum atomic E-state index is -0.825. The third kappa shape index (κ3) is 4.48. The largest absolute Gasteiger partial charge is 0.497 e. The Balaban J connectivity index is 1.72. The van der Waals surface area contributed by atoms with Gasteiger partial charge in [-0.2, -0.15) is 0 Å². The summed E-state index contributed by atoms with van der Waals surface area (Å²) >= 11 is 0. The number of rotatable bonds is 4. The standard InChI is InChI=1S/C21H29BFNO5/c1-20(2)21(3,4)29-22(28-20)16-11-14(8-9-17(16)23)12-18(25)24-10-6-7-15(13-24)19(26)27-5/h8-9,11,15H,6-7,10,12-13H2,1-5H3. The molecule has 0 saturated carbocycles. The lowest BCUT2D eigenvalue weighted by Crippen LogP contribution is -2.43. The van der Waals surface area contributed by atoms with Gasteiger partial charge in [-0.1, -0.05) is 12.1 Å². The van der Waals surface area contributed by atoms with E-state index in [9.17, 15) is 14.0 Å². The molecule has 1 atom stereocenters. The maximum atomic E-state index is 14.5. The fourth-order valence-corrected chi connectivity index (χ4v) is 3.70. The molecule has 6 nitrogen and oxygen atoms in total. The van der Waals surface area contributed by atoms with Gasteiger partial charge in [0.1, 0.15) is 5.82 Å². The summed E-state index contributed by atoms with van der Waals surface area (Å²) in [4.78, 5) is 26.2. The van der Waals surface area contributed by atoms with Gasteiger partial charge < -0.3 is 18.9 Å². The van der Waals surface area contributed by atoms with E-state index < -0.39 is 24.1 Å². The van der Waals surface area contributed by atoms with E-state index in [-0.39, 0.29) is 24.2 Å². The minimum Gasteiger partial charge on any atom is -0.469 e. The summed E-state index contributed by atoms with van der Waals surface area (Å²) in [7, 11) is 0.535. The fourth-order valence-electron chi connectivity index (χ4n) is 3.70. The second-order valence-electron chi connectivity index (χ2n) is 8.82. The Hall–Kier alpha value is -1.93. The van der Waals surface area contributed by atoms with Gasteiger partial charge in [-0.15, -0.1) is 0 Å². The molecule has 0 spiro atoms. The lowest BCUT2D eigenvalue weighted by atomic mass is 9.77. The minimum absolute atomic E-state index is 0.0925. The van der Waals surface area contributed by atoms with Crippen molar-refractivity contribution < 1.29 is 28.0 Å². The number of methoxy groups -OCH3 is 1. The van der Waals surface area contributed by atoms with E-state index in [2.05, 4.69) is 0 Å². The lowest BCUT2D eigenvalue weighted by Gasteiger charge is -2.32. The molecule has 0 aromatic heterocycles. The van der Waals surface area contributed by atoms with E-state index in [0.29, 0.717) is 24.1 Å². The van der Waals surface area contributed by atoms with Crippen molar-refractivity contribution in [3.05, 3.63) is 29.6 Å². The van der Waals surface area contributed by atoms with Crippen molar-refractivity contribution in [3.8, 4) is 0 Å². The van der Waals surface area contributed by atoms with Crippen LogP contribution in [0.25, 0.3) is 0 Å². The van der Waals surface area contributed by atoms with Crippen molar-refractivity contribution in [3.63, 3.8) is 0 Å². The van der Waals surface area contributed by atoms with Gasteiger partial charge >= 0.3 is 13.1 Å².